The Labute approximate surface area is 126 Å². The molecule has 3 rings (SSSR count). The van der Waals surface area contributed by atoms with Gasteiger partial charge in [-0.1, -0.05) is 39.0 Å². The zero-order valence-corrected chi connectivity index (χ0v) is 13.2. The van der Waals surface area contributed by atoms with Crippen LogP contribution in [0.2, 0.25) is 0 Å². The van der Waals surface area contributed by atoms with E-state index in [-0.39, 0.29) is 10.8 Å². The lowest BCUT2D eigenvalue weighted by Gasteiger charge is -2.31. The fourth-order valence-corrected chi connectivity index (χ4v) is 4.01. The third-order valence-electron chi connectivity index (χ3n) is 5.83. The van der Waals surface area contributed by atoms with Gasteiger partial charge in [0, 0.05) is 17.2 Å². The highest BCUT2D eigenvalue weighted by atomic mass is 16.7. The fourth-order valence-electron chi connectivity index (χ4n) is 4.01. The first-order valence-electron chi connectivity index (χ1n) is 7.57. The van der Waals surface area contributed by atoms with Gasteiger partial charge in [-0.05, 0) is 36.3 Å². The maximum Gasteiger partial charge on any atom is 0.167 e. The van der Waals surface area contributed by atoms with Gasteiger partial charge in [-0.25, -0.2) is 5.06 Å². The Kier molecular flexibility index (Phi) is 3.21. The van der Waals surface area contributed by atoms with Gasteiger partial charge in [0.1, 0.15) is 0 Å². The minimum atomic E-state index is -0.223. The molecule has 3 heteroatoms. The Bertz CT molecular complexity index is 590. The lowest BCUT2D eigenvalue weighted by molar-refractivity contribution is -0.125. The second-order valence-corrected chi connectivity index (χ2v) is 6.90. The van der Waals surface area contributed by atoms with E-state index in [1.54, 1.807) is 12.2 Å². The largest absolute Gasteiger partial charge is 0.294 e. The molecule has 0 amide bonds. The number of carbonyl (C=O) groups is 1. The summed E-state index contributed by atoms with van der Waals surface area (Å²) in [5.74, 6) is 0.623. The van der Waals surface area contributed by atoms with Crippen LogP contribution in [0.1, 0.15) is 33.6 Å². The van der Waals surface area contributed by atoms with E-state index >= 15 is 0 Å². The van der Waals surface area contributed by atoms with Crippen LogP contribution < -0.4 is 5.06 Å². The first kappa shape index (κ1) is 14.3. The van der Waals surface area contributed by atoms with Crippen LogP contribution in [0.3, 0.4) is 0 Å². The summed E-state index contributed by atoms with van der Waals surface area (Å²) in [7, 11) is 1.63. The quantitative estimate of drug-likeness (QED) is 0.622. The van der Waals surface area contributed by atoms with Crippen molar-refractivity contribution < 1.29 is 9.63 Å². The average molecular weight is 285 g/mol. The van der Waals surface area contributed by atoms with Crippen LogP contribution in [0.15, 0.2) is 42.1 Å². The highest BCUT2D eigenvalue weighted by Crippen LogP contribution is 2.65. The van der Waals surface area contributed by atoms with Crippen LogP contribution in [-0.4, -0.2) is 12.9 Å². The van der Waals surface area contributed by atoms with Crippen molar-refractivity contribution in [2.45, 2.75) is 33.6 Å². The zero-order chi connectivity index (χ0) is 15.3. The summed E-state index contributed by atoms with van der Waals surface area (Å²) in [6.45, 7) is 6.57. The Balaban J connectivity index is 1.99. The van der Waals surface area contributed by atoms with E-state index in [2.05, 4.69) is 20.8 Å². The molecule has 2 aliphatic rings. The molecule has 1 aromatic carbocycles. The smallest absolute Gasteiger partial charge is 0.167 e. The Hall–Kier alpha value is -1.61. The maximum atomic E-state index is 12.8. The topological polar surface area (TPSA) is 29.5 Å². The first-order valence-corrected chi connectivity index (χ1v) is 7.57. The van der Waals surface area contributed by atoms with E-state index in [4.69, 9.17) is 4.84 Å². The number of Topliss-reactive ketones (excluding diaryl/α,β-unsaturated/α-hetero) is 1. The number of fused-ring (bicyclic) bond motifs is 2. The number of rotatable bonds is 3. The number of carbonyl (C=O) groups excluding carboxylic acids is 1. The van der Waals surface area contributed by atoms with E-state index in [1.807, 2.05) is 36.5 Å². The molecular formula is C18H23NO2. The van der Waals surface area contributed by atoms with E-state index < -0.39 is 0 Å². The molecule has 0 heterocycles. The van der Waals surface area contributed by atoms with Gasteiger partial charge in [-0.3, -0.25) is 9.63 Å². The third-order valence-corrected chi connectivity index (χ3v) is 5.83. The molecule has 0 aliphatic heterocycles. The van der Waals surface area contributed by atoms with Crippen LogP contribution in [0.4, 0.5) is 5.69 Å². The highest BCUT2D eigenvalue weighted by molar-refractivity contribution is 6.04. The van der Waals surface area contributed by atoms with E-state index in [0.717, 1.165) is 24.1 Å². The molecule has 0 unspecified atom stereocenters. The van der Waals surface area contributed by atoms with Gasteiger partial charge in [-0.15, -0.1) is 0 Å². The zero-order valence-electron chi connectivity index (χ0n) is 13.2. The predicted molar refractivity (Wildman–Crippen MR) is 83.6 cm³/mol. The molecule has 1 aromatic rings. The molecule has 112 valence electrons. The van der Waals surface area contributed by atoms with E-state index in [9.17, 15) is 4.79 Å². The molecule has 0 saturated heterocycles. The van der Waals surface area contributed by atoms with Crippen LogP contribution in [-0.2, 0) is 9.63 Å². The number of para-hydroxylation sites is 1. The lowest BCUT2D eigenvalue weighted by atomic mass is 9.70. The number of ketones is 1. The monoisotopic (exact) mass is 285 g/mol. The molecular weight excluding hydrogens is 262 g/mol. The van der Waals surface area contributed by atoms with Gasteiger partial charge < -0.3 is 0 Å². The second-order valence-electron chi connectivity index (χ2n) is 6.90. The Morgan fingerprint density at radius 2 is 1.90 bits per heavy atom. The van der Waals surface area contributed by atoms with Crippen molar-refractivity contribution in [1.29, 1.82) is 0 Å². The summed E-state index contributed by atoms with van der Waals surface area (Å²) in [4.78, 5) is 18.3. The normalized spacial score (nSPS) is 31.9. The summed E-state index contributed by atoms with van der Waals surface area (Å²) in [6.07, 6.45) is 3.99. The summed E-state index contributed by atoms with van der Waals surface area (Å²) in [5, 5.41) is 1.70. The molecule has 21 heavy (non-hydrogen) atoms. The Morgan fingerprint density at radius 3 is 2.43 bits per heavy atom. The molecule has 3 nitrogen and oxygen atoms in total. The molecule has 0 N–H and O–H groups in total. The number of nitrogens with zero attached hydrogens (tertiary/aromatic N) is 1. The van der Waals surface area contributed by atoms with Crippen molar-refractivity contribution in [1.82, 2.24) is 0 Å². The van der Waals surface area contributed by atoms with Crippen molar-refractivity contribution in [3.05, 3.63) is 42.1 Å². The number of anilines is 1. The van der Waals surface area contributed by atoms with E-state index in [1.165, 1.54) is 0 Å². The second kappa shape index (κ2) is 4.70. The maximum absolute atomic E-state index is 12.8. The Morgan fingerprint density at radius 1 is 1.24 bits per heavy atom. The predicted octanol–water partition coefficient (Wildman–Crippen LogP) is 3.96. The molecule has 2 saturated carbocycles. The molecule has 0 aromatic heterocycles. The van der Waals surface area contributed by atoms with Crippen LogP contribution in [0.25, 0.3) is 0 Å². The minimum Gasteiger partial charge on any atom is -0.294 e. The standard InChI is InChI=1S/C18H23NO2/c1-17(2)15-10-11-18(17,3)16(20)14(15)12-19(21-4)13-8-6-5-7-9-13/h5-9,12,15H,10-11H2,1-4H3/t15-,18-/m0/s1. The molecule has 0 spiro atoms. The molecule has 0 radical (unpaired) electrons. The summed E-state index contributed by atoms with van der Waals surface area (Å²) < 4.78 is 0. The number of allylic oxidation sites excluding steroid dienone is 1. The number of hydrogen-bond acceptors (Lipinski definition) is 3. The molecule has 2 atom stereocenters. The van der Waals surface area contributed by atoms with Crippen molar-refractivity contribution >= 4 is 11.5 Å². The average Bonchev–Trinajstić information content (AvgIpc) is 2.79. The van der Waals surface area contributed by atoms with Crippen molar-refractivity contribution in [3.63, 3.8) is 0 Å². The first-order chi connectivity index (χ1) is 9.91. The molecule has 2 bridgehead atoms. The van der Waals surface area contributed by atoms with Gasteiger partial charge in [0.2, 0.25) is 0 Å². The SMILES string of the molecule is CON(C=C1C(=O)[C@]2(C)CC[C@@H]1C2(C)C)c1ccccc1. The lowest BCUT2D eigenvalue weighted by Crippen LogP contribution is -2.32. The number of benzene rings is 1. The van der Waals surface area contributed by atoms with Crippen molar-refractivity contribution in [2.75, 3.05) is 12.2 Å². The summed E-state index contributed by atoms with van der Waals surface area (Å²) >= 11 is 0. The van der Waals surface area contributed by atoms with Crippen molar-refractivity contribution in [3.8, 4) is 0 Å². The summed E-state index contributed by atoms with van der Waals surface area (Å²) in [6, 6.07) is 9.86. The van der Waals surface area contributed by atoms with Gasteiger partial charge >= 0.3 is 0 Å². The van der Waals surface area contributed by atoms with Crippen LogP contribution in [0.5, 0.6) is 0 Å². The minimum absolute atomic E-state index is 0.0337. The van der Waals surface area contributed by atoms with Crippen LogP contribution >= 0.6 is 0 Å². The van der Waals surface area contributed by atoms with Gasteiger partial charge in [0.25, 0.3) is 0 Å². The van der Waals surface area contributed by atoms with Crippen LogP contribution in [0, 0.1) is 16.7 Å². The highest BCUT2D eigenvalue weighted by Gasteiger charge is 2.64. The molecule has 2 aliphatic carbocycles. The summed E-state index contributed by atoms with van der Waals surface area (Å²) in [5.41, 5.74) is 1.66. The van der Waals surface area contributed by atoms with Gasteiger partial charge in [-0.2, -0.15) is 0 Å². The number of hydroxylamine groups is 1. The third kappa shape index (κ3) is 1.87. The van der Waals surface area contributed by atoms with E-state index in [0.29, 0.717) is 11.7 Å². The fraction of sp³-hybridized carbons (Fsp3) is 0.500. The van der Waals surface area contributed by atoms with Gasteiger partial charge in [0.15, 0.2) is 5.78 Å². The number of hydrogen-bond donors (Lipinski definition) is 0. The van der Waals surface area contributed by atoms with Gasteiger partial charge in [0.05, 0.1) is 12.8 Å². The van der Waals surface area contributed by atoms with Crippen molar-refractivity contribution in [2.24, 2.45) is 16.7 Å². The molecule has 2 fully saturated rings.